The highest BCUT2D eigenvalue weighted by Crippen LogP contribution is 2.05. The second-order valence-electron chi connectivity index (χ2n) is 2.74. The number of carbonyl (C=O) groups is 1. The van der Waals surface area contributed by atoms with Crippen LogP contribution >= 0.6 is 11.3 Å². The van der Waals surface area contributed by atoms with Gasteiger partial charge < -0.3 is 5.32 Å². The van der Waals surface area contributed by atoms with E-state index in [9.17, 15) is 4.79 Å². The summed E-state index contributed by atoms with van der Waals surface area (Å²) in [5.41, 5.74) is 0. The molecule has 0 aliphatic rings. The van der Waals surface area contributed by atoms with Crippen molar-refractivity contribution in [2.75, 3.05) is 20.1 Å². The van der Waals surface area contributed by atoms with E-state index in [1.165, 1.54) is 0 Å². The molecular weight excluding hydrogens is 186 g/mol. The second kappa shape index (κ2) is 5.66. The maximum atomic E-state index is 9.96. The first-order valence-electron chi connectivity index (χ1n) is 4.07. The van der Waals surface area contributed by atoms with E-state index in [-0.39, 0.29) is 0 Å². The Kier molecular flexibility index (Phi) is 4.42. The first-order valence-corrected chi connectivity index (χ1v) is 4.95. The van der Waals surface area contributed by atoms with Gasteiger partial charge in [0, 0.05) is 24.7 Å². The van der Waals surface area contributed by atoms with E-state index in [4.69, 9.17) is 0 Å². The Bertz CT molecular complexity index is 238. The number of likely N-dealkylation sites (N-methyl/N-ethyl adjacent to an activating group) is 1. The van der Waals surface area contributed by atoms with E-state index in [2.05, 4.69) is 15.2 Å². The fourth-order valence-corrected chi connectivity index (χ4v) is 1.65. The summed E-state index contributed by atoms with van der Waals surface area (Å²) in [6.07, 6.45) is 2.52. The van der Waals surface area contributed by atoms with Gasteiger partial charge in [-0.15, -0.1) is 11.3 Å². The molecule has 0 aliphatic carbocycles. The topological polar surface area (TPSA) is 45.2 Å². The van der Waals surface area contributed by atoms with Gasteiger partial charge >= 0.3 is 0 Å². The summed E-state index contributed by atoms with van der Waals surface area (Å²) in [6.45, 7) is 2.38. The Morgan fingerprint density at radius 3 is 3.23 bits per heavy atom. The molecule has 13 heavy (non-hydrogen) atoms. The molecule has 1 rings (SSSR count). The molecule has 1 amide bonds. The van der Waals surface area contributed by atoms with E-state index in [0.717, 1.165) is 24.5 Å². The van der Waals surface area contributed by atoms with Crippen molar-refractivity contribution in [2.45, 2.75) is 6.54 Å². The average molecular weight is 199 g/mol. The fourth-order valence-electron chi connectivity index (χ4n) is 0.955. The van der Waals surface area contributed by atoms with Gasteiger partial charge in [-0.05, 0) is 7.05 Å². The van der Waals surface area contributed by atoms with Crippen LogP contribution < -0.4 is 5.32 Å². The smallest absolute Gasteiger partial charge is 0.207 e. The second-order valence-corrected chi connectivity index (χ2v) is 3.71. The summed E-state index contributed by atoms with van der Waals surface area (Å²) in [7, 11) is 2.01. The van der Waals surface area contributed by atoms with Crippen LogP contribution in [0.2, 0.25) is 0 Å². The average Bonchev–Trinajstić information content (AvgIpc) is 2.57. The van der Waals surface area contributed by atoms with Gasteiger partial charge in [-0.2, -0.15) is 0 Å². The molecule has 1 aromatic rings. The molecule has 0 saturated carbocycles. The Morgan fingerprint density at radius 2 is 2.62 bits per heavy atom. The first-order chi connectivity index (χ1) is 6.33. The zero-order chi connectivity index (χ0) is 9.52. The van der Waals surface area contributed by atoms with E-state index < -0.39 is 0 Å². The molecule has 4 nitrogen and oxygen atoms in total. The lowest BCUT2D eigenvalue weighted by molar-refractivity contribution is -0.109. The molecule has 1 heterocycles. The van der Waals surface area contributed by atoms with Crippen molar-refractivity contribution < 1.29 is 4.79 Å². The van der Waals surface area contributed by atoms with E-state index in [0.29, 0.717) is 6.54 Å². The van der Waals surface area contributed by atoms with Crippen molar-refractivity contribution in [2.24, 2.45) is 0 Å². The number of thiazole rings is 1. The van der Waals surface area contributed by atoms with Crippen molar-refractivity contribution >= 4 is 17.7 Å². The highest BCUT2D eigenvalue weighted by atomic mass is 32.1. The molecule has 0 radical (unpaired) electrons. The Morgan fingerprint density at radius 1 is 1.77 bits per heavy atom. The molecule has 1 aromatic heterocycles. The number of hydrogen-bond donors (Lipinski definition) is 1. The monoisotopic (exact) mass is 199 g/mol. The van der Waals surface area contributed by atoms with Gasteiger partial charge in [0.15, 0.2) is 0 Å². The molecule has 0 bridgehead atoms. The van der Waals surface area contributed by atoms with Crippen LogP contribution in [0.5, 0.6) is 0 Å². The SMILES string of the molecule is CN(CCNC=O)Cc1nccs1. The number of nitrogens with zero attached hydrogens (tertiary/aromatic N) is 2. The summed E-state index contributed by atoms with van der Waals surface area (Å²) in [5.74, 6) is 0. The van der Waals surface area contributed by atoms with Crippen molar-refractivity contribution in [3.8, 4) is 0 Å². The molecule has 0 saturated heterocycles. The molecule has 5 heteroatoms. The van der Waals surface area contributed by atoms with Crippen molar-refractivity contribution in [3.63, 3.8) is 0 Å². The predicted octanol–water partition coefficient (Wildman–Crippen LogP) is 0.321. The molecule has 0 aliphatic heterocycles. The quantitative estimate of drug-likeness (QED) is 0.530. The summed E-state index contributed by atoms with van der Waals surface area (Å²) >= 11 is 1.65. The lowest BCUT2D eigenvalue weighted by atomic mass is 10.5. The van der Waals surface area contributed by atoms with Gasteiger partial charge in [-0.1, -0.05) is 0 Å². The van der Waals surface area contributed by atoms with Gasteiger partial charge in [0.25, 0.3) is 0 Å². The number of hydrogen-bond acceptors (Lipinski definition) is 4. The number of rotatable bonds is 6. The molecule has 0 aromatic carbocycles. The van der Waals surface area contributed by atoms with E-state index in [1.54, 1.807) is 17.5 Å². The van der Waals surface area contributed by atoms with Crippen LogP contribution in [0.15, 0.2) is 11.6 Å². The van der Waals surface area contributed by atoms with Gasteiger partial charge in [-0.3, -0.25) is 9.69 Å². The van der Waals surface area contributed by atoms with Crippen molar-refractivity contribution in [3.05, 3.63) is 16.6 Å². The maximum absolute atomic E-state index is 9.96. The third-order valence-electron chi connectivity index (χ3n) is 1.61. The Balaban J connectivity index is 2.17. The molecule has 1 N–H and O–H groups in total. The maximum Gasteiger partial charge on any atom is 0.207 e. The minimum Gasteiger partial charge on any atom is -0.357 e. The van der Waals surface area contributed by atoms with Crippen LogP contribution in [-0.2, 0) is 11.3 Å². The van der Waals surface area contributed by atoms with Gasteiger partial charge in [0.2, 0.25) is 6.41 Å². The number of carbonyl (C=O) groups excluding carboxylic acids is 1. The molecule has 72 valence electrons. The first kappa shape index (κ1) is 10.1. The zero-order valence-corrected chi connectivity index (χ0v) is 8.38. The highest BCUT2D eigenvalue weighted by Gasteiger charge is 2.00. The lowest BCUT2D eigenvalue weighted by Gasteiger charge is -2.13. The third-order valence-corrected chi connectivity index (χ3v) is 2.37. The van der Waals surface area contributed by atoms with Crippen LogP contribution in [0.25, 0.3) is 0 Å². The lowest BCUT2D eigenvalue weighted by Crippen LogP contribution is -2.28. The van der Waals surface area contributed by atoms with Crippen LogP contribution in [0, 0.1) is 0 Å². The summed E-state index contributed by atoms with van der Waals surface area (Å²) in [4.78, 5) is 16.3. The number of nitrogens with one attached hydrogen (secondary N) is 1. The zero-order valence-electron chi connectivity index (χ0n) is 7.56. The predicted molar refractivity (Wildman–Crippen MR) is 52.5 cm³/mol. The molecule has 0 spiro atoms. The largest absolute Gasteiger partial charge is 0.357 e. The minimum absolute atomic E-state index is 0.686. The Labute approximate surface area is 81.6 Å². The summed E-state index contributed by atoms with van der Waals surface area (Å²) in [5, 5.41) is 5.69. The van der Waals surface area contributed by atoms with E-state index in [1.807, 2.05) is 12.4 Å². The molecule has 0 atom stereocenters. The summed E-state index contributed by atoms with van der Waals surface area (Å²) < 4.78 is 0. The van der Waals surface area contributed by atoms with E-state index >= 15 is 0 Å². The standard InChI is InChI=1S/C8H13N3OS/c1-11(4-2-9-7-12)6-8-10-3-5-13-8/h3,5,7H,2,4,6H2,1H3,(H,9,12). The van der Waals surface area contributed by atoms with Crippen molar-refractivity contribution in [1.82, 2.24) is 15.2 Å². The third kappa shape index (κ3) is 4.00. The highest BCUT2D eigenvalue weighted by molar-refractivity contribution is 7.09. The van der Waals surface area contributed by atoms with Gasteiger partial charge in [-0.25, -0.2) is 4.98 Å². The molecule has 0 unspecified atom stereocenters. The van der Waals surface area contributed by atoms with Crippen LogP contribution in [0.3, 0.4) is 0 Å². The normalized spacial score (nSPS) is 10.3. The van der Waals surface area contributed by atoms with Crippen molar-refractivity contribution in [1.29, 1.82) is 0 Å². The van der Waals surface area contributed by atoms with Crippen LogP contribution in [0.1, 0.15) is 5.01 Å². The summed E-state index contributed by atoms with van der Waals surface area (Å²) in [6, 6.07) is 0. The minimum atomic E-state index is 0.686. The number of aromatic nitrogens is 1. The van der Waals surface area contributed by atoms with Gasteiger partial charge in [0.1, 0.15) is 5.01 Å². The molecule has 0 fully saturated rings. The molecular formula is C8H13N3OS. The van der Waals surface area contributed by atoms with Gasteiger partial charge in [0.05, 0.1) is 6.54 Å². The van der Waals surface area contributed by atoms with Crippen LogP contribution in [-0.4, -0.2) is 36.4 Å². The number of amides is 1. The fraction of sp³-hybridized carbons (Fsp3) is 0.500. The Hall–Kier alpha value is -0.940. The van der Waals surface area contributed by atoms with Crippen LogP contribution in [0.4, 0.5) is 0 Å².